The maximum Gasteiger partial charge on any atom is 0.119 e. The topological polar surface area (TPSA) is 12.5 Å². The molecule has 0 radical (unpaired) electrons. The van der Waals surface area contributed by atoms with Gasteiger partial charge in [-0.25, -0.2) is 0 Å². The maximum absolute atomic E-state index is 5.37. The van der Waals surface area contributed by atoms with Crippen LogP contribution in [0.15, 0.2) is 95.5 Å². The van der Waals surface area contributed by atoms with Gasteiger partial charge in [0.1, 0.15) is 5.75 Å². The van der Waals surface area contributed by atoms with Crippen LogP contribution >= 0.6 is 15.9 Å². The molecule has 0 unspecified atom stereocenters. The highest BCUT2D eigenvalue weighted by molar-refractivity contribution is 9.10. The monoisotopic (exact) mass is 469 g/mol. The Kier molecular flexibility index (Phi) is 4.86. The van der Waals surface area contributed by atoms with Gasteiger partial charge < -0.3 is 9.64 Å². The summed E-state index contributed by atoms with van der Waals surface area (Å²) in [6.45, 7) is 4.64. The van der Waals surface area contributed by atoms with E-state index in [0.717, 1.165) is 27.3 Å². The quantitative estimate of drug-likeness (QED) is 0.298. The van der Waals surface area contributed by atoms with Gasteiger partial charge in [0.2, 0.25) is 0 Å². The second kappa shape index (κ2) is 7.58. The SMILES string of the molecule is COc1ccc(N(c2ccc(Br)cc2)c2ccc3c(c2)C(C)(C)c2ccccc2-3)cc1. The molecule has 0 atom stereocenters. The van der Waals surface area contributed by atoms with Gasteiger partial charge in [0.15, 0.2) is 0 Å². The van der Waals surface area contributed by atoms with E-state index in [1.165, 1.54) is 22.3 Å². The third kappa shape index (κ3) is 3.34. The van der Waals surface area contributed by atoms with Crippen LogP contribution in [-0.4, -0.2) is 7.11 Å². The molecule has 0 amide bonds. The molecule has 0 N–H and O–H groups in total. The molecule has 31 heavy (non-hydrogen) atoms. The first-order valence-corrected chi connectivity index (χ1v) is 11.2. The molecular formula is C28H24BrNO. The largest absolute Gasteiger partial charge is 0.497 e. The van der Waals surface area contributed by atoms with Crippen LogP contribution in [-0.2, 0) is 5.41 Å². The Morgan fingerprint density at radius 3 is 1.94 bits per heavy atom. The summed E-state index contributed by atoms with van der Waals surface area (Å²) >= 11 is 3.56. The molecule has 0 spiro atoms. The van der Waals surface area contributed by atoms with Crippen molar-refractivity contribution in [1.29, 1.82) is 0 Å². The standard InChI is InChI=1S/C28H24BrNO/c1-28(2)26-7-5-4-6-24(26)25-17-14-22(18-27(25)28)30(20-10-8-19(29)9-11-20)21-12-15-23(31-3)16-13-21/h4-18H,1-3H3. The molecule has 3 heteroatoms. The minimum absolute atomic E-state index is 0.0345. The average Bonchev–Trinajstić information content (AvgIpc) is 3.03. The van der Waals surface area contributed by atoms with Crippen molar-refractivity contribution >= 4 is 33.0 Å². The Bertz CT molecular complexity index is 1240. The van der Waals surface area contributed by atoms with Gasteiger partial charge in [-0.15, -0.1) is 0 Å². The molecule has 4 aromatic rings. The van der Waals surface area contributed by atoms with E-state index in [0.29, 0.717) is 0 Å². The fourth-order valence-electron chi connectivity index (χ4n) is 4.60. The van der Waals surface area contributed by atoms with Crippen molar-refractivity contribution in [3.05, 3.63) is 107 Å². The lowest BCUT2D eigenvalue weighted by Crippen LogP contribution is -2.16. The van der Waals surface area contributed by atoms with Crippen LogP contribution in [0.25, 0.3) is 11.1 Å². The number of ether oxygens (including phenoxy) is 1. The number of benzene rings is 4. The van der Waals surface area contributed by atoms with Crippen molar-refractivity contribution in [1.82, 2.24) is 0 Å². The van der Waals surface area contributed by atoms with E-state index in [1.54, 1.807) is 7.11 Å². The van der Waals surface area contributed by atoms with Crippen molar-refractivity contribution in [3.8, 4) is 16.9 Å². The van der Waals surface area contributed by atoms with Crippen molar-refractivity contribution in [3.63, 3.8) is 0 Å². The van der Waals surface area contributed by atoms with Gasteiger partial charge >= 0.3 is 0 Å². The number of methoxy groups -OCH3 is 1. The molecule has 0 saturated carbocycles. The third-order valence-corrected chi connectivity index (χ3v) is 6.77. The first-order valence-electron chi connectivity index (χ1n) is 10.4. The Morgan fingerprint density at radius 1 is 0.677 bits per heavy atom. The van der Waals surface area contributed by atoms with Crippen LogP contribution in [0.2, 0.25) is 0 Å². The lowest BCUT2D eigenvalue weighted by molar-refractivity contribution is 0.415. The van der Waals surface area contributed by atoms with E-state index in [-0.39, 0.29) is 5.41 Å². The van der Waals surface area contributed by atoms with Crippen LogP contribution in [0.3, 0.4) is 0 Å². The number of halogens is 1. The van der Waals surface area contributed by atoms with Crippen LogP contribution in [0.5, 0.6) is 5.75 Å². The van der Waals surface area contributed by atoms with E-state index in [2.05, 4.69) is 114 Å². The fourth-order valence-corrected chi connectivity index (χ4v) is 4.86. The van der Waals surface area contributed by atoms with Crippen LogP contribution in [0.1, 0.15) is 25.0 Å². The highest BCUT2D eigenvalue weighted by Gasteiger charge is 2.35. The molecule has 0 bridgehead atoms. The summed E-state index contributed by atoms with van der Waals surface area (Å²) < 4.78 is 6.44. The normalized spacial score (nSPS) is 13.4. The lowest BCUT2D eigenvalue weighted by Gasteiger charge is -2.28. The average molecular weight is 470 g/mol. The first kappa shape index (κ1) is 19.9. The number of hydrogen-bond donors (Lipinski definition) is 0. The van der Waals surface area contributed by atoms with Gasteiger partial charge in [0.05, 0.1) is 7.11 Å². The third-order valence-electron chi connectivity index (χ3n) is 6.24. The Morgan fingerprint density at radius 2 is 1.26 bits per heavy atom. The fraction of sp³-hybridized carbons (Fsp3) is 0.143. The lowest BCUT2D eigenvalue weighted by atomic mass is 9.82. The molecule has 0 aliphatic heterocycles. The van der Waals surface area contributed by atoms with Crippen molar-refractivity contribution in [2.75, 3.05) is 12.0 Å². The van der Waals surface area contributed by atoms with Gasteiger partial charge in [-0.3, -0.25) is 0 Å². The van der Waals surface area contributed by atoms with E-state index in [1.807, 2.05) is 12.1 Å². The molecule has 0 fully saturated rings. The highest BCUT2D eigenvalue weighted by Crippen LogP contribution is 2.50. The molecule has 154 valence electrons. The van der Waals surface area contributed by atoms with Gasteiger partial charge in [-0.2, -0.15) is 0 Å². The zero-order valence-electron chi connectivity index (χ0n) is 17.9. The molecule has 1 aliphatic rings. The number of rotatable bonds is 4. The predicted octanol–water partition coefficient (Wildman–Crippen LogP) is 8.23. The van der Waals surface area contributed by atoms with E-state index >= 15 is 0 Å². The van der Waals surface area contributed by atoms with Crippen LogP contribution in [0.4, 0.5) is 17.1 Å². The summed E-state index contributed by atoms with van der Waals surface area (Å²) in [6, 6.07) is 32.3. The molecule has 4 aromatic carbocycles. The number of hydrogen-bond acceptors (Lipinski definition) is 2. The van der Waals surface area contributed by atoms with E-state index in [4.69, 9.17) is 4.74 Å². The molecule has 0 aromatic heterocycles. The second-order valence-corrected chi connectivity index (χ2v) is 9.33. The zero-order valence-corrected chi connectivity index (χ0v) is 19.5. The Balaban J connectivity index is 1.67. The molecular weight excluding hydrogens is 446 g/mol. The smallest absolute Gasteiger partial charge is 0.119 e. The molecule has 0 saturated heterocycles. The zero-order chi connectivity index (χ0) is 21.6. The van der Waals surface area contributed by atoms with Crippen molar-refractivity contribution < 1.29 is 4.74 Å². The summed E-state index contributed by atoms with van der Waals surface area (Å²) in [5.41, 5.74) is 8.74. The summed E-state index contributed by atoms with van der Waals surface area (Å²) in [5, 5.41) is 0. The second-order valence-electron chi connectivity index (χ2n) is 8.41. The van der Waals surface area contributed by atoms with Gasteiger partial charge in [0.25, 0.3) is 0 Å². The van der Waals surface area contributed by atoms with Crippen molar-refractivity contribution in [2.24, 2.45) is 0 Å². The first-order chi connectivity index (χ1) is 15.0. The summed E-state index contributed by atoms with van der Waals surface area (Å²) in [7, 11) is 1.70. The number of fused-ring (bicyclic) bond motifs is 3. The number of anilines is 3. The Hall–Kier alpha value is -3.04. The Labute approximate surface area is 192 Å². The van der Waals surface area contributed by atoms with E-state index < -0.39 is 0 Å². The molecule has 1 aliphatic carbocycles. The van der Waals surface area contributed by atoms with Gasteiger partial charge in [-0.1, -0.05) is 60.1 Å². The number of nitrogens with zero attached hydrogens (tertiary/aromatic N) is 1. The highest BCUT2D eigenvalue weighted by atomic mass is 79.9. The molecule has 5 rings (SSSR count). The maximum atomic E-state index is 5.37. The van der Waals surface area contributed by atoms with Gasteiger partial charge in [-0.05, 0) is 82.9 Å². The van der Waals surface area contributed by atoms with Gasteiger partial charge in [0, 0.05) is 26.9 Å². The minimum atomic E-state index is -0.0345. The predicted molar refractivity (Wildman–Crippen MR) is 133 cm³/mol. The van der Waals surface area contributed by atoms with Crippen LogP contribution in [0, 0.1) is 0 Å². The molecule has 2 nitrogen and oxygen atoms in total. The summed E-state index contributed by atoms with van der Waals surface area (Å²) in [6.07, 6.45) is 0. The minimum Gasteiger partial charge on any atom is -0.497 e. The summed E-state index contributed by atoms with van der Waals surface area (Å²) in [4.78, 5) is 2.30. The summed E-state index contributed by atoms with van der Waals surface area (Å²) in [5.74, 6) is 0.852. The van der Waals surface area contributed by atoms with Crippen molar-refractivity contribution in [2.45, 2.75) is 19.3 Å². The molecule has 0 heterocycles. The van der Waals surface area contributed by atoms with E-state index in [9.17, 15) is 0 Å². The van der Waals surface area contributed by atoms with Crippen LogP contribution < -0.4 is 9.64 Å².